The summed E-state index contributed by atoms with van der Waals surface area (Å²) in [5.74, 6) is -0.389. The van der Waals surface area contributed by atoms with Gasteiger partial charge >= 0.3 is 0 Å². The molecule has 0 aliphatic rings. The Morgan fingerprint density at radius 3 is 2.40 bits per heavy atom. The highest BCUT2D eigenvalue weighted by molar-refractivity contribution is 5.84. The highest BCUT2D eigenvalue weighted by Crippen LogP contribution is 1.99. The SMILES string of the molecule is CCOCC(=O)N(CC(N)=O)CC(C)C. The largest absolute Gasteiger partial charge is 0.372 e. The molecule has 0 atom stereocenters. The maximum atomic E-state index is 11.6. The minimum absolute atomic E-state index is 0.0104. The van der Waals surface area contributed by atoms with E-state index in [0.717, 1.165) is 0 Å². The number of nitrogens with zero attached hydrogens (tertiary/aromatic N) is 1. The third-order valence-corrected chi connectivity index (χ3v) is 1.71. The first-order valence-corrected chi connectivity index (χ1v) is 5.11. The standard InChI is InChI=1S/C10H20N2O3/c1-4-15-7-10(14)12(5-8(2)3)6-9(11)13/h8H,4-7H2,1-3H3,(H2,11,13). The van der Waals surface area contributed by atoms with Crippen LogP contribution in [0.15, 0.2) is 0 Å². The van der Waals surface area contributed by atoms with E-state index in [9.17, 15) is 9.59 Å². The van der Waals surface area contributed by atoms with Gasteiger partial charge in [-0.15, -0.1) is 0 Å². The van der Waals surface area contributed by atoms with E-state index in [-0.39, 0.29) is 19.1 Å². The zero-order chi connectivity index (χ0) is 11.8. The highest BCUT2D eigenvalue weighted by Gasteiger charge is 2.16. The van der Waals surface area contributed by atoms with Gasteiger partial charge in [0.2, 0.25) is 11.8 Å². The molecule has 0 saturated heterocycles. The highest BCUT2D eigenvalue weighted by atomic mass is 16.5. The molecule has 0 fully saturated rings. The molecule has 2 amide bonds. The molecule has 0 aromatic heterocycles. The number of hydrogen-bond donors (Lipinski definition) is 1. The topological polar surface area (TPSA) is 72.6 Å². The second-order valence-corrected chi connectivity index (χ2v) is 3.77. The molecule has 0 spiro atoms. The summed E-state index contributed by atoms with van der Waals surface area (Å²) in [6.07, 6.45) is 0. The Balaban J connectivity index is 4.20. The molecule has 5 heteroatoms. The monoisotopic (exact) mass is 216 g/mol. The zero-order valence-electron chi connectivity index (χ0n) is 9.66. The van der Waals surface area contributed by atoms with Crippen LogP contribution in [0, 0.1) is 5.92 Å². The first-order valence-electron chi connectivity index (χ1n) is 5.11. The van der Waals surface area contributed by atoms with Crippen molar-refractivity contribution in [3.8, 4) is 0 Å². The van der Waals surface area contributed by atoms with Crippen molar-refractivity contribution in [3.63, 3.8) is 0 Å². The van der Waals surface area contributed by atoms with Crippen molar-refractivity contribution in [2.24, 2.45) is 11.7 Å². The molecule has 0 aromatic rings. The molecular weight excluding hydrogens is 196 g/mol. The van der Waals surface area contributed by atoms with Crippen LogP contribution in [0.25, 0.3) is 0 Å². The van der Waals surface area contributed by atoms with Gasteiger partial charge in [0.15, 0.2) is 0 Å². The Labute approximate surface area is 90.6 Å². The summed E-state index contributed by atoms with van der Waals surface area (Å²) >= 11 is 0. The molecule has 15 heavy (non-hydrogen) atoms. The van der Waals surface area contributed by atoms with Gasteiger partial charge in [-0.3, -0.25) is 9.59 Å². The Kier molecular flexibility index (Phi) is 6.70. The summed E-state index contributed by atoms with van der Waals surface area (Å²) in [7, 11) is 0. The molecule has 5 nitrogen and oxygen atoms in total. The average molecular weight is 216 g/mol. The molecule has 0 heterocycles. The van der Waals surface area contributed by atoms with E-state index < -0.39 is 5.91 Å². The zero-order valence-corrected chi connectivity index (χ0v) is 9.66. The lowest BCUT2D eigenvalue weighted by molar-refractivity contribution is -0.139. The lowest BCUT2D eigenvalue weighted by atomic mass is 10.2. The van der Waals surface area contributed by atoms with Crippen LogP contribution >= 0.6 is 0 Å². The lowest BCUT2D eigenvalue weighted by Gasteiger charge is -2.22. The third-order valence-electron chi connectivity index (χ3n) is 1.71. The Morgan fingerprint density at radius 1 is 1.40 bits per heavy atom. The fourth-order valence-electron chi connectivity index (χ4n) is 1.16. The van der Waals surface area contributed by atoms with Gasteiger partial charge in [-0.25, -0.2) is 0 Å². The maximum Gasteiger partial charge on any atom is 0.249 e. The van der Waals surface area contributed by atoms with Gasteiger partial charge in [-0.2, -0.15) is 0 Å². The van der Waals surface area contributed by atoms with Gasteiger partial charge in [0.25, 0.3) is 0 Å². The minimum Gasteiger partial charge on any atom is -0.372 e. The summed E-state index contributed by atoms with van der Waals surface area (Å²) < 4.78 is 5.00. The van der Waals surface area contributed by atoms with Gasteiger partial charge in [-0.1, -0.05) is 13.8 Å². The fraction of sp³-hybridized carbons (Fsp3) is 0.800. The van der Waals surface area contributed by atoms with E-state index >= 15 is 0 Å². The van der Waals surface area contributed by atoms with Crippen molar-refractivity contribution in [1.29, 1.82) is 0 Å². The van der Waals surface area contributed by atoms with Crippen molar-refractivity contribution in [2.75, 3.05) is 26.3 Å². The molecule has 0 saturated carbocycles. The Bertz CT molecular complexity index is 217. The van der Waals surface area contributed by atoms with E-state index in [0.29, 0.717) is 19.1 Å². The fourth-order valence-corrected chi connectivity index (χ4v) is 1.16. The van der Waals surface area contributed by atoms with Crippen molar-refractivity contribution in [3.05, 3.63) is 0 Å². The molecule has 0 radical (unpaired) electrons. The van der Waals surface area contributed by atoms with E-state index in [1.165, 1.54) is 4.90 Å². The van der Waals surface area contributed by atoms with Gasteiger partial charge < -0.3 is 15.4 Å². The number of carbonyl (C=O) groups is 2. The summed E-state index contributed by atoms with van der Waals surface area (Å²) in [6.45, 7) is 6.74. The average Bonchev–Trinajstić information content (AvgIpc) is 2.11. The molecule has 2 N–H and O–H groups in total. The summed E-state index contributed by atoms with van der Waals surface area (Å²) in [5.41, 5.74) is 5.06. The minimum atomic E-state index is -0.500. The molecule has 0 aliphatic carbocycles. The number of nitrogens with two attached hydrogens (primary N) is 1. The van der Waals surface area contributed by atoms with Crippen LogP contribution < -0.4 is 5.73 Å². The molecule has 0 unspecified atom stereocenters. The number of primary amides is 1. The van der Waals surface area contributed by atoms with Crippen LogP contribution in [0.2, 0.25) is 0 Å². The smallest absolute Gasteiger partial charge is 0.249 e. The van der Waals surface area contributed by atoms with E-state index in [1.807, 2.05) is 20.8 Å². The first kappa shape index (κ1) is 13.9. The van der Waals surface area contributed by atoms with Crippen molar-refractivity contribution in [1.82, 2.24) is 4.90 Å². The summed E-state index contributed by atoms with van der Waals surface area (Å²) in [5, 5.41) is 0. The van der Waals surface area contributed by atoms with Crippen LogP contribution in [0.3, 0.4) is 0 Å². The van der Waals surface area contributed by atoms with Crippen LogP contribution in [-0.2, 0) is 14.3 Å². The van der Waals surface area contributed by atoms with Crippen LogP contribution in [0.1, 0.15) is 20.8 Å². The second kappa shape index (κ2) is 7.23. The first-order chi connectivity index (χ1) is 6.97. The molecular formula is C10H20N2O3. The molecule has 0 aromatic carbocycles. The number of hydrogen-bond acceptors (Lipinski definition) is 3. The second-order valence-electron chi connectivity index (χ2n) is 3.77. The third kappa shape index (κ3) is 6.90. The summed E-state index contributed by atoms with van der Waals surface area (Å²) in [6, 6.07) is 0. The van der Waals surface area contributed by atoms with Crippen LogP contribution in [-0.4, -0.2) is 43.0 Å². The van der Waals surface area contributed by atoms with Gasteiger partial charge in [0.1, 0.15) is 6.61 Å². The number of carbonyl (C=O) groups excluding carboxylic acids is 2. The van der Waals surface area contributed by atoms with E-state index in [2.05, 4.69) is 0 Å². The van der Waals surface area contributed by atoms with Crippen molar-refractivity contribution < 1.29 is 14.3 Å². The van der Waals surface area contributed by atoms with Crippen molar-refractivity contribution >= 4 is 11.8 Å². The molecule has 88 valence electrons. The molecule has 0 rings (SSSR count). The summed E-state index contributed by atoms with van der Waals surface area (Å²) in [4.78, 5) is 23.8. The lowest BCUT2D eigenvalue weighted by Crippen LogP contribution is -2.42. The van der Waals surface area contributed by atoms with E-state index in [4.69, 9.17) is 10.5 Å². The normalized spacial score (nSPS) is 10.4. The number of amides is 2. The molecule has 0 aliphatic heterocycles. The van der Waals surface area contributed by atoms with Gasteiger partial charge in [-0.05, 0) is 12.8 Å². The van der Waals surface area contributed by atoms with E-state index in [1.54, 1.807) is 0 Å². The van der Waals surface area contributed by atoms with Crippen LogP contribution in [0.5, 0.6) is 0 Å². The molecule has 0 bridgehead atoms. The Hall–Kier alpha value is -1.10. The van der Waals surface area contributed by atoms with Gasteiger partial charge in [0.05, 0.1) is 6.54 Å². The quantitative estimate of drug-likeness (QED) is 0.650. The predicted molar refractivity (Wildman–Crippen MR) is 57.1 cm³/mol. The maximum absolute atomic E-state index is 11.6. The van der Waals surface area contributed by atoms with Crippen molar-refractivity contribution in [2.45, 2.75) is 20.8 Å². The number of ether oxygens (including phenoxy) is 1. The number of rotatable bonds is 7. The predicted octanol–water partition coefficient (Wildman–Crippen LogP) is -0.00720. The Morgan fingerprint density at radius 2 is 2.00 bits per heavy atom. The van der Waals surface area contributed by atoms with Crippen LogP contribution in [0.4, 0.5) is 0 Å². The van der Waals surface area contributed by atoms with Gasteiger partial charge in [0, 0.05) is 13.2 Å².